The maximum absolute atomic E-state index is 8.50. The minimum atomic E-state index is -2.00. The van der Waals surface area contributed by atoms with Crippen LogP contribution in [-0.2, 0) is 25.7 Å². The van der Waals surface area contributed by atoms with Crippen molar-refractivity contribution in [3.63, 3.8) is 0 Å². The van der Waals surface area contributed by atoms with Crippen LogP contribution in [0.3, 0.4) is 0 Å². The van der Waals surface area contributed by atoms with Crippen LogP contribution in [0.5, 0.6) is 0 Å². The van der Waals surface area contributed by atoms with Crippen LogP contribution in [0.25, 0.3) is 0 Å². The van der Waals surface area contributed by atoms with Crippen molar-refractivity contribution in [1.82, 2.24) is 0 Å². The summed E-state index contributed by atoms with van der Waals surface area (Å²) < 4.78 is 17.0. The quantitative estimate of drug-likeness (QED) is 0.371. The first-order valence-corrected chi connectivity index (χ1v) is 1.68. The van der Waals surface area contributed by atoms with Crippen LogP contribution in [0.15, 0.2) is 0 Å². The molecular weight excluding hydrogens is 146 g/mol. The van der Waals surface area contributed by atoms with Gasteiger partial charge >= 0.3 is 77.1 Å². The van der Waals surface area contributed by atoms with E-state index in [1.807, 2.05) is 0 Å². The van der Waals surface area contributed by atoms with Gasteiger partial charge in [0.2, 0.25) is 0 Å². The van der Waals surface area contributed by atoms with Crippen LogP contribution in [0.2, 0.25) is 0 Å². The Bertz CT molecular complexity index is 30.6. The van der Waals surface area contributed by atoms with Crippen molar-refractivity contribution in [1.29, 1.82) is 0 Å². The van der Waals surface area contributed by atoms with Gasteiger partial charge in [-0.25, -0.2) is 0 Å². The van der Waals surface area contributed by atoms with Crippen molar-refractivity contribution >= 4 is 68.7 Å². The molecule has 0 atom stereocenters. The minimum absolute atomic E-state index is 0. The molecule has 0 aromatic rings. The normalized spacial score (nSPS) is 1.60. The predicted octanol–water partition coefficient (Wildman–Crippen LogP) is -2.07. The molecule has 5 heteroatoms. The van der Waals surface area contributed by atoms with Gasteiger partial charge in [-0.1, -0.05) is 0 Å². The molecule has 2 nitrogen and oxygen atoms in total. The molecule has 0 bridgehead atoms. The van der Waals surface area contributed by atoms with E-state index in [1.54, 1.807) is 0 Å². The van der Waals surface area contributed by atoms with Gasteiger partial charge in [0.25, 0.3) is 0 Å². The second-order valence-corrected chi connectivity index (χ2v) is 0.344. The molecule has 0 amide bonds. The second kappa shape index (κ2) is 16.1. The summed E-state index contributed by atoms with van der Waals surface area (Å²) in [7, 11) is 0. The van der Waals surface area contributed by atoms with E-state index in [2.05, 4.69) is 0 Å². The Morgan fingerprint density at radius 2 is 1.20 bits per heavy atom. The maximum atomic E-state index is 8.50. The first kappa shape index (κ1) is 15.6. The summed E-state index contributed by atoms with van der Waals surface area (Å²) in [6, 6.07) is 0. The van der Waals surface area contributed by atoms with Crippen LogP contribution in [0, 0.1) is 0 Å². The van der Waals surface area contributed by atoms with E-state index in [9.17, 15) is 0 Å². The summed E-state index contributed by atoms with van der Waals surface area (Å²) >= 11 is -2.00. The molecule has 0 aliphatic carbocycles. The topological polar surface area (TPSA) is 34.1 Å². The second-order valence-electron chi connectivity index (χ2n) is 0.0833. The first-order valence-electron chi connectivity index (χ1n) is 0.408. The van der Waals surface area contributed by atoms with Crippen molar-refractivity contribution in [3.05, 3.63) is 0 Å². The average molecular weight is 150 g/mol. The van der Waals surface area contributed by atoms with Gasteiger partial charge in [0.15, 0.2) is 17.4 Å². The predicted molar refractivity (Wildman–Crippen MR) is 18.5 cm³/mol. The summed E-state index contributed by atoms with van der Waals surface area (Å²) in [6.07, 6.45) is 0. The molecule has 0 aromatic carbocycles. The third-order valence-corrected chi connectivity index (χ3v) is 0. The van der Waals surface area contributed by atoms with Gasteiger partial charge in [0, 0.05) is 0 Å². The molecule has 0 N–H and O–H groups in total. The fraction of sp³-hybridized carbons (Fsp3) is 0. The summed E-state index contributed by atoms with van der Waals surface area (Å²) in [5.74, 6) is 0. The summed E-state index contributed by atoms with van der Waals surface area (Å²) in [4.78, 5) is 0. The molecule has 0 saturated heterocycles. The average Bonchev–Trinajstić information content (AvgIpc) is 0.918. The van der Waals surface area contributed by atoms with Crippen molar-refractivity contribution in [3.8, 4) is 0 Å². The van der Waals surface area contributed by atoms with Crippen molar-refractivity contribution < 1.29 is 25.7 Å². The van der Waals surface area contributed by atoms with Crippen LogP contribution < -0.4 is 0 Å². The molecule has 0 fully saturated rings. The van der Waals surface area contributed by atoms with Crippen LogP contribution in [0.1, 0.15) is 0 Å². The third-order valence-electron chi connectivity index (χ3n) is 0. The molecule has 0 heterocycles. The molecule has 0 rings (SSSR count). The molecule has 0 aliphatic rings. The fourth-order valence-electron chi connectivity index (χ4n) is 0. The summed E-state index contributed by atoms with van der Waals surface area (Å²) in [6.45, 7) is 0. The van der Waals surface area contributed by atoms with E-state index in [1.165, 1.54) is 0 Å². The zero-order valence-electron chi connectivity index (χ0n) is 1.32. The first-order chi connectivity index (χ1) is 1.41. The summed E-state index contributed by atoms with van der Waals surface area (Å²) in [5, 5.41) is 0. The third kappa shape index (κ3) is 21.1. The van der Waals surface area contributed by atoms with Gasteiger partial charge in [-0.3, -0.25) is 0 Å². The Kier molecular flexibility index (Phi) is 50.3. The molecule has 0 radical (unpaired) electrons. The molecule has 24 valence electrons. The van der Waals surface area contributed by atoms with Gasteiger partial charge < -0.3 is 0 Å². The Hall–Kier alpha value is 2.48. The van der Waals surface area contributed by atoms with E-state index >= 15 is 0 Å². The van der Waals surface area contributed by atoms with E-state index in [0.717, 1.165) is 0 Å². The van der Waals surface area contributed by atoms with Gasteiger partial charge in [-0.05, 0) is 0 Å². The molecule has 0 saturated carbocycles. The molecular formula is H4AlKO2Ti. The van der Waals surface area contributed by atoms with Crippen molar-refractivity contribution in [2.24, 2.45) is 0 Å². The molecule has 0 aromatic heterocycles. The molecule has 5 heavy (non-hydrogen) atoms. The molecule has 0 spiro atoms. The number of rotatable bonds is 0. The van der Waals surface area contributed by atoms with Crippen LogP contribution in [-0.4, -0.2) is 68.7 Å². The number of hydrogen-bond acceptors (Lipinski definition) is 2. The Morgan fingerprint density at radius 3 is 1.20 bits per heavy atom. The van der Waals surface area contributed by atoms with E-state index in [4.69, 9.17) is 6.65 Å². The van der Waals surface area contributed by atoms with Gasteiger partial charge in [0.1, 0.15) is 0 Å². The van der Waals surface area contributed by atoms with E-state index in [0.29, 0.717) is 0 Å². The molecule has 0 aliphatic heterocycles. The zero-order chi connectivity index (χ0) is 2.71. The standard InChI is InChI=1S/Al.K.2O.Ti.4H. The SMILES string of the molecule is [AlH3].[KH].[O]=[Ti]=[O]. The van der Waals surface area contributed by atoms with E-state index < -0.39 is 19.1 Å². The Balaban J connectivity index is -0.0000000200. The van der Waals surface area contributed by atoms with Gasteiger partial charge in [-0.15, -0.1) is 0 Å². The van der Waals surface area contributed by atoms with Crippen LogP contribution in [0.4, 0.5) is 0 Å². The van der Waals surface area contributed by atoms with Crippen molar-refractivity contribution in [2.45, 2.75) is 0 Å². The Morgan fingerprint density at radius 1 is 1.20 bits per heavy atom. The fourth-order valence-corrected chi connectivity index (χ4v) is 0. The van der Waals surface area contributed by atoms with Crippen LogP contribution >= 0.6 is 0 Å². The summed E-state index contributed by atoms with van der Waals surface area (Å²) in [5.41, 5.74) is 0. The van der Waals surface area contributed by atoms with E-state index in [-0.39, 0.29) is 68.7 Å². The number of hydrogen-bond donors (Lipinski definition) is 0. The monoisotopic (exact) mass is 150 g/mol. The zero-order valence-corrected chi connectivity index (χ0v) is 2.88. The Labute approximate surface area is 92.2 Å². The van der Waals surface area contributed by atoms with Gasteiger partial charge in [0.05, 0.1) is 0 Å². The van der Waals surface area contributed by atoms with Crippen molar-refractivity contribution in [2.75, 3.05) is 0 Å². The molecule has 0 unspecified atom stereocenters. The van der Waals surface area contributed by atoms with Gasteiger partial charge in [-0.2, -0.15) is 0 Å².